The number of aliphatic carboxylic acids is 1. The molecular weight excluding hydrogens is 210 g/mol. The van der Waals surface area contributed by atoms with E-state index in [2.05, 4.69) is 15.4 Å². The molecule has 0 atom stereocenters. The molecular formula is C9H11N5O2. The van der Waals surface area contributed by atoms with Crippen LogP contribution in [-0.4, -0.2) is 35.9 Å². The lowest BCUT2D eigenvalue weighted by molar-refractivity contribution is -0.137. The maximum absolute atomic E-state index is 10.5. The fraction of sp³-hybridized carbons (Fsp3) is 0.333. The van der Waals surface area contributed by atoms with Crippen molar-refractivity contribution >= 4 is 5.97 Å². The van der Waals surface area contributed by atoms with Gasteiger partial charge in [-0.2, -0.15) is 5.10 Å². The molecule has 0 saturated heterocycles. The van der Waals surface area contributed by atoms with Crippen LogP contribution in [0, 0.1) is 6.92 Å². The monoisotopic (exact) mass is 221 g/mol. The van der Waals surface area contributed by atoms with Gasteiger partial charge in [0.15, 0.2) is 0 Å². The van der Waals surface area contributed by atoms with Crippen molar-refractivity contribution in [3.63, 3.8) is 0 Å². The van der Waals surface area contributed by atoms with E-state index in [1.807, 2.05) is 6.92 Å². The van der Waals surface area contributed by atoms with Crippen molar-refractivity contribution in [3.05, 3.63) is 18.0 Å². The molecule has 7 heteroatoms. The highest BCUT2D eigenvalue weighted by Gasteiger charge is 2.12. The van der Waals surface area contributed by atoms with Crippen LogP contribution in [-0.2, 0) is 18.4 Å². The fourth-order valence-electron chi connectivity index (χ4n) is 1.54. The summed E-state index contributed by atoms with van der Waals surface area (Å²) < 4.78 is 2.97. The Hall–Kier alpha value is -2.18. The largest absolute Gasteiger partial charge is 0.480 e. The predicted molar refractivity (Wildman–Crippen MR) is 54.6 cm³/mol. The fourth-order valence-corrected chi connectivity index (χ4v) is 1.54. The number of carboxylic acids is 1. The van der Waals surface area contributed by atoms with Gasteiger partial charge in [0.05, 0.1) is 18.1 Å². The van der Waals surface area contributed by atoms with Crippen molar-refractivity contribution in [3.8, 4) is 11.4 Å². The molecule has 0 spiro atoms. The number of carbonyl (C=O) groups is 1. The minimum Gasteiger partial charge on any atom is -0.480 e. The topological polar surface area (TPSA) is 85.8 Å². The summed E-state index contributed by atoms with van der Waals surface area (Å²) in [6, 6.07) is 0. The number of aryl methyl sites for hydroxylation is 2. The van der Waals surface area contributed by atoms with Crippen molar-refractivity contribution in [2.45, 2.75) is 13.5 Å². The van der Waals surface area contributed by atoms with Crippen LogP contribution in [0.2, 0.25) is 0 Å². The molecule has 84 valence electrons. The van der Waals surface area contributed by atoms with Gasteiger partial charge in [0.25, 0.3) is 0 Å². The standard InChI is InChI=1S/C9H11N5O2/c1-6-3-10-13(2)9(6)7-4-14(12-11-7)5-8(15)16/h3-4H,5H2,1-2H3,(H,15,16). The molecule has 0 bridgehead atoms. The van der Waals surface area contributed by atoms with Crippen molar-refractivity contribution in [2.75, 3.05) is 0 Å². The quantitative estimate of drug-likeness (QED) is 0.792. The zero-order chi connectivity index (χ0) is 11.7. The van der Waals surface area contributed by atoms with Crippen molar-refractivity contribution < 1.29 is 9.90 Å². The summed E-state index contributed by atoms with van der Waals surface area (Å²) in [5.41, 5.74) is 2.44. The van der Waals surface area contributed by atoms with Crippen LogP contribution >= 0.6 is 0 Å². The molecule has 0 aromatic carbocycles. The van der Waals surface area contributed by atoms with Gasteiger partial charge in [-0.1, -0.05) is 5.21 Å². The van der Waals surface area contributed by atoms with Crippen LogP contribution in [0.15, 0.2) is 12.4 Å². The van der Waals surface area contributed by atoms with Gasteiger partial charge < -0.3 is 5.11 Å². The third-order valence-electron chi connectivity index (χ3n) is 2.20. The highest BCUT2D eigenvalue weighted by molar-refractivity contribution is 5.66. The first kappa shape index (κ1) is 10.3. The van der Waals surface area contributed by atoms with Crippen LogP contribution in [0.5, 0.6) is 0 Å². The van der Waals surface area contributed by atoms with E-state index in [1.54, 1.807) is 24.1 Å². The lowest BCUT2D eigenvalue weighted by Gasteiger charge is -1.97. The molecule has 16 heavy (non-hydrogen) atoms. The van der Waals surface area contributed by atoms with Gasteiger partial charge in [0.1, 0.15) is 12.2 Å². The Labute approximate surface area is 91.3 Å². The molecule has 0 fully saturated rings. The number of nitrogens with zero attached hydrogens (tertiary/aromatic N) is 5. The smallest absolute Gasteiger partial charge is 0.325 e. The number of hydrogen-bond donors (Lipinski definition) is 1. The molecule has 0 saturated carbocycles. The van der Waals surface area contributed by atoms with Gasteiger partial charge in [-0.05, 0) is 12.5 Å². The van der Waals surface area contributed by atoms with E-state index in [0.29, 0.717) is 5.69 Å². The molecule has 0 amide bonds. The lowest BCUT2D eigenvalue weighted by Crippen LogP contribution is -2.08. The van der Waals surface area contributed by atoms with E-state index in [9.17, 15) is 4.79 Å². The summed E-state index contributed by atoms with van der Waals surface area (Å²) in [6.07, 6.45) is 3.32. The zero-order valence-electron chi connectivity index (χ0n) is 8.95. The number of carboxylic acid groups (broad SMARTS) is 1. The van der Waals surface area contributed by atoms with Crippen LogP contribution in [0.25, 0.3) is 11.4 Å². The molecule has 1 N–H and O–H groups in total. The van der Waals surface area contributed by atoms with Crippen molar-refractivity contribution in [1.29, 1.82) is 0 Å². The van der Waals surface area contributed by atoms with E-state index in [4.69, 9.17) is 5.11 Å². The van der Waals surface area contributed by atoms with Crippen LogP contribution < -0.4 is 0 Å². The molecule has 2 heterocycles. The molecule has 0 aliphatic heterocycles. The number of rotatable bonds is 3. The average Bonchev–Trinajstić information content (AvgIpc) is 2.73. The van der Waals surface area contributed by atoms with E-state index in [-0.39, 0.29) is 6.54 Å². The van der Waals surface area contributed by atoms with Gasteiger partial charge in [0, 0.05) is 7.05 Å². The Kier molecular flexibility index (Phi) is 2.43. The maximum atomic E-state index is 10.5. The van der Waals surface area contributed by atoms with E-state index >= 15 is 0 Å². The first-order valence-electron chi connectivity index (χ1n) is 4.69. The van der Waals surface area contributed by atoms with E-state index < -0.39 is 5.97 Å². The minimum atomic E-state index is -0.946. The Morgan fingerprint density at radius 2 is 2.31 bits per heavy atom. The molecule has 0 aliphatic carbocycles. The van der Waals surface area contributed by atoms with Gasteiger partial charge in [-0.15, -0.1) is 5.10 Å². The average molecular weight is 221 g/mol. The Morgan fingerprint density at radius 1 is 1.56 bits per heavy atom. The van der Waals surface area contributed by atoms with E-state index in [0.717, 1.165) is 11.3 Å². The predicted octanol–water partition coefficient (Wildman–Crippen LogP) is 0.0716. The summed E-state index contributed by atoms with van der Waals surface area (Å²) >= 11 is 0. The Bertz CT molecular complexity index is 508. The summed E-state index contributed by atoms with van der Waals surface area (Å²) in [5.74, 6) is -0.946. The maximum Gasteiger partial charge on any atom is 0.325 e. The van der Waals surface area contributed by atoms with Gasteiger partial charge >= 0.3 is 5.97 Å². The third kappa shape index (κ3) is 1.79. The number of hydrogen-bond acceptors (Lipinski definition) is 4. The van der Waals surface area contributed by atoms with Gasteiger partial charge in [-0.3, -0.25) is 9.48 Å². The molecule has 0 radical (unpaired) electrons. The minimum absolute atomic E-state index is 0.191. The summed E-state index contributed by atoms with van der Waals surface area (Å²) in [5, 5.41) is 20.4. The van der Waals surface area contributed by atoms with Crippen molar-refractivity contribution in [2.24, 2.45) is 7.05 Å². The lowest BCUT2D eigenvalue weighted by atomic mass is 10.2. The third-order valence-corrected chi connectivity index (χ3v) is 2.20. The Balaban J connectivity index is 2.35. The van der Waals surface area contributed by atoms with Gasteiger partial charge in [0.2, 0.25) is 0 Å². The second kappa shape index (κ2) is 3.76. The van der Waals surface area contributed by atoms with Crippen LogP contribution in [0.1, 0.15) is 5.56 Å². The van der Waals surface area contributed by atoms with Gasteiger partial charge in [-0.25, -0.2) is 4.68 Å². The molecule has 0 aliphatic rings. The number of aromatic nitrogens is 5. The van der Waals surface area contributed by atoms with E-state index in [1.165, 1.54) is 4.68 Å². The summed E-state index contributed by atoms with van der Waals surface area (Å²) in [6.45, 7) is 1.72. The second-order valence-electron chi connectivity index (χ2n) is 3.49. The van der Waals surface area contributed by atoms with Crippen LogP contribution in [0.3, 0.4) is 0 Å². The first-order chi connectivity index (χ1) is 7.58. The SMILES string of the molecule is Cc1cnn(C)c1-c1cn(CC(=O)O)nn1. The molecule has 7 nitrogen and oxygen atoms in total. The molecule has 2 aromatic heterocycles. The normalized spacial score (nSPS) is 10.6. The summed E-state index contributed by atoms with van der Waals surface area (Å²) in [7, 11) is 1.80. The highest BCUT2D eigenvalue weighted by atomic mass is 16.4. The van der Waals surface area contributed by atoms with Crippen molar-refractivity contribution in [1.82, 2.24) is 24.8 Å². The second-order valence-corrected chi connectivity index (χ2v) is 3.49. The summed E-state index contributed by atoms with van der Waals surface area (Å²) in [4.78, 5) is 10.5. The van der Waals surface area contributed by atoms with Crippen LogP contribution in [0.4, 0.5) is 0 Å². The zero-order valence-corrected chi connectivity index (χ0v) is 8.95. The Morgan fingerprint density at radius 3 is 2.88 bits per heavy atom. The highest BCUT2D eigenvalue weighted by Crippen LogP contribution is 2.19. The molecule has 2 rings (SSSR count). The first-order valence-corrected chi connectivity index (χ1v) is 4.69. The molecule has 0 unspecified atom stereocenters. The molecule has 2 aromatic rings.